The zero-order valence-corrected chi connectivity index (χ0v) is 9.81. The predicted octanol–water partition coefficient (Wildman–Crippen LogP) is 1.76. The summed E-state index contributed by atoms with van der Waals surface area (Å²) in [6, 6.07) is 8.04. The van der Waals surface area contributed by atoms with Crippen molar-refractivity contribution in [3.8, 4) is 6.07 Å². The summed E-state index contributed by atoms with van der Waals surface area (Å²) in [4.78, 5) is 6.51. The van der Waals surface area contributed by atoms with Crippen molar-refractivity contribution in [1.82, 2.24) is 4.98 Å². The summed E-state index contributed by atoms with van der Waals surface area (Å²) in [7, 11) is 1.67. The second kappa shape index (κ2) is 6.81. The van der Waals surface area contributed by atoms with Crippen molar-refractivity contribution in [2.24, 2.45) is 0 Å². The van der Waals surface area contributed by atoms with Crippen LogP contribution in [0.1, 0.15) is 12.1 Å². The Morgan fingerprint density at radius 1 is 1.44 bits per heavy atom. The van der Waals surface area contributed by atoms with Gasteiger partial charge in [0, 0.05) is 25.9 Å². The molecule has 1 aromatic heterocycles. The van der Waals surface area contributed by atoms with Gasteiger partial charge < -0.3 is 9.64 Å². The summed E-state index contributed by atoms with van der Waals surface area (Å²) >= 11 is 0. The van der Waals surface area contributed by atoms with Gasteiger partial charge in [-0.15, -0.1) is 0 Å². The number of hydrogen-bond acceptors (Lipinski definition) is 4. The monoisotopic (exact) mass is 219 g/mol. The van der Waals surface area contributed by atoms with Crippen molar-refractivity contribution in [3.05, 3.63) is 23.9 Å². The van der Waals surface area contributed by atoms with Gasteiger partial charge in [-0.25, -0.2) is 4.98 Å². The van der Waals surface area contributed by atoms with Gasteiger partial charge in [0.25, 0.3) is 0 Å². The molecule has 0 aliphatic rings. The molecule has 0 amide bonds. The molecule has 0 atom stereocenters. The molecule has 0 saturated heterocycles. The second-order valence-corrected chi connectivity index (χ2v) is 3.53. The number of methoxy groups -OCH3 is 1. The van der Waals surface area contributed by atoms with Gasteiger partial charge in [0.05, 0.1) is 19.1 Å². The predicted molar refractivity (Wildman–Crippen MR) is 63.3 cm³/mol. The number of aromatic nitrogens is 1. The van der Waals surface area contributed by atoms with E-state index in [0.29, 0.717) is 19.6 Å². The first kappa shape index (κ1) is 12.5. The highest BCUT2D eigenvalue weighted by molar-refractivity contribution is 5.39. The molecule has 0 aliphatic heterocycles. The zero-order valence-electron chi connectivity index (χ0n) is 9.81. The third kappa shape index (κ3) is 3.87. The average molecular weight is 219 g/mol. The molecule has 86 valence electrons. The lowest BCUT2D eigenvalue weighted by atomic mass is 10.3. The van der Waals surface area contributed by atoms with Gasteiger partial charge in [-0.3, -0.25) is 0 Å². The van der Waals surface area contributed by atoms with Crippen LogP contribution in [0.4, 0.5) is 5.82 Å². The molecule has 0 unspecified atom stereocenters. The summed E-state index contributed by atoms with van der Waals surface area (Å²) in [5.74, 6) is 0.910. The van der Waals surface area contributed by atoms with Crippen molar-refractivity contribution in [2.45, 2.75) is 13.3 Å². The number of anilines is 1. The van der Waals surface area contributed by atoms with E-state index in [1.807, 2.05) is 25.1 Å². The first-order valence-corrected chi connectivity index (χ1v) is 5.32. The normalized spacial score (nSPS) is 9.81. The number of aryl methyl sites for hydroxylation is 1. The van der Waals surface area contributed by atoms with Crippen molar-refractivity contribution < 1.29 is 4.74 Å². The van der Waals surface area contributed by atoms with Crippen LogP contribution in [0.25, 0.3) is 0 Å². The third-order valence-corrected chi connectivity index (χ3v) is 2.26. The minimum atomic E-state index is 0.499. The lowest BCUT2D eigenvalue weighted by Crippen LogP contribution is -2.29. The Labute approximate surface area is 96.5 Å². The molecule has 4 nitrogen and oxygen atoms in total. The molecular weight excluding hydrogens is 202 g/mol. The van der Waals surface area contributed by atoms with Crippen LogP contribution in [0.2, 0.25) is 0 Å². The molecule has 0 fully saturated rings. The molecule has 0 saturated carbocycles. The van der Waals surface area contributed by atoms with Gasteiger partial charge in [0.1, 0.15) is 5.82 Å². The number of nitrogens with zero attached hydrogens (tertiary/aromatic N) is 3. The molecule has 0 aromatic carbocycles. The lowest BCUT2D eigenvalue weighted by molar-refractivity contribution is 0.205. The van der Waals surface area contributed by atoms with Gasteiger partial charge in [0.2, 0.25) is 0 Å². The lowest BCUT2D eigenvalue weighted by Gasteiger charge is -2.22. The number of nitriles is 1. The highest BCUT2D eigenvalue weighted by Crippen LogP contribution is 2.11. The van der Waals surface area contributed by atoms with Crippen molar-refractivity contribution in [1.29, 1.82) is 5.26 Å². The maximum Gasteiger partial charge on any atom is 0.128 e. The quantitative estimate of drug-likeness (QED) is 0.731. The summed E-state index contributed by atoms with van der Waals surface area (Å²) < 4.78 is 5.05. The van der Waals surface area contributed by atoms with Gasteiger partial charge in [0.15, 0.2) is 0 Å². The van der Waals surface area contributed by atoms with E-state index in [-0.39, 0.29) is 0 Å². The van der Waals surface area contributed by atoms with E-state index in [1.54, 1.807) is 7.11 Å². The van der Waals surface area contributed by atoms with Gasteiger partial charge in [-0.1, -0.05) is 6.07 Å². The first-order valence-electron chi connectivity index (χ1n) is 5.32. The average Bonchev–Trinajstić information content (AvgIpc) is 2.29. The van der Waals surface area contributed by atoms with Gasteiger partial charge >= 0.3 is 0 Å². The van der Waals surface area contributed by atoms with Crippen LogP contribution in [-0.2, 0) is 4.74 Å². The van der Waals surface area contributed by atoms with E-state index in [1.165, 1.54) is 0 Å². The van der Waals surface area contributed by atoms with Gasteiger partial charge in [-0.05, 0) is 19.1 Å². The number of rotatable bonds is 6. The molecule has 0 radical (unpaired) electrons. The molecule has 0 bridgehead atoms. The Bertz CT molecular complexity index is 360. The fraction of sp³-hybridized carbons (Fsp3) is 0.500. The number of hydrogen-bond donors (Lipinski definition) is 0. The Balaban J connectivity index is 2.70. The van der Waals surface area contributed by atoms with Crippen LogP contribution in [0.3, 0.4) is 0 Å². The van der Waals surface area contributed by atoms with Crippen LogP contribution in [-0.4, -0.2) is 31.8 Å². The van der Waals surface area contributed by atoms with Crippen molar-refractivity contribution in [2.75, 3.05) is 31.7 Å². The minimum absolute atomic E-state index is 0.499. The summed E-state index contributed by atoms with van der Waals surface area (Å²) in [6.07, 6.45) is 0.499. The van der Waals surface area contributed by atoms with E-state index in [9.17, 15) is 0 Å². The highest BCUT2D eigenvalue weighted by Gasteiger charge is 2.06. The van der Waals surface area contributed by atoms with Crippen molar-refractivity contribution >= 4 is 5.82 Å². The fourth-order valence-electron chi connectivity index (χ4n) is 1.43. The molecule has 16 heavy (non-hydrogen) atoms. The van der Waals surface area contributed by atoms with Gasteiger partial charge in [-0.2, -0.15) is 5.26 Å². The van der Waals surface area contributed by atoms with E-state index in [0.717, 1.165) is 18.1 Å². The van der Waals surface area contributed by atoms with E-state index in [2.05, 4.69) is 16.0 Å². The van der Waals surface area contributed by atoms with Crippen molar-refractivity contribution in [3.63, 3.8) is 0 Å². The number of ether oxygens (including phenoxy) is 1. The number of pyridine rings is 1. The van der Waals surface area contributed by atoms with Crippen LogP contribution in [0.15, 0.2) is 18.2 Å². The smallest absolute Gasteiger partial charge is 0.128 e. The standard InChI is InChI=1S/C12H17N3O/c1-11-5-3-6-12(14-11)15(8-4-7-13)9-10-16-2/h3,5-6H,4,8-10H2,1-2H3. The topological polar surface area (TPSA) is 49.1 Å². The SMILES string of the molecule is COCCN(CCC#N)c1cccc(C)n1. The third-order valence-electron chi connectivity index (χ3n) is 2.26. The Hall–Kier alpha value is -1.60. The summed E-state index contributed by atoms with van der Waals surface area (Å²) in [5, 5.41) is 8.61. The van der Waals surface area contributed by atoms with E-state index in [4.69, 9.17) is 10.00 Å². The Morgan fingerprint density at radius 2 is 2.25 bits per heavy atom. The van der Waals surface area contributed by atoms with Crippen LogP contribution in [0.5, 0.6) is 0 Å². The van der Waals surface area contributed by atoms with Crippen LogP contribution < -0.4 is 4.90 Å². The summed E-state index contributed by atoms with van der Waals surface area (Å²) in [6.45, 7) is 4.05. The molecule has 0 spiro atoms. The molecule has 4 heteroatoms. The maximum absolute atomic E-state index is 8.61. The minimum Gasteiger partial charge on any atom is -0.383 e. The fourth-order valence-corrected chi connectivity index (χ4v) is 1.43. The largest absolute Gasteiger partial charge is 0.383 e. The Morgan fingerprint density at radius 3 is 2.88 bits per heavy atom. The highest BCUT2D eigenvalue weighted by atomic mass is 16.5. The summed E-state index contributed by atoms with van der Waals surface area (Å²) in [5.41, 5.74) is 0.983. The molecular formula is C12H17N3O. The maximum atomic E-state index is 8.61. The zero-order chi connectivity index (χ0) is 11.8. The molecule has 1 rings (SSSR count). The van der Waals surface area contributed by atoms with Crippen LogP contribution >= 0.6 is 0 Å². The molecule has 0 N–H and O–H groups in total. The van der Waals surface area contributed by atoms with E-state index < -0.39 is 0 Å². The second-order valence-electron chi connectivity index (χ2n) is 3.53. The first-order chi connectivity index (χ1) is 7.77. The molecule has 1 heterocycles. The van der Waals surface area contributed by atoms with Crippen LogP contribution in [0, 0.1) is 18.3 Å². The Kier molecular flexibility index (Phi) is 5.30. The molecule has 0 aliphatic carbocycles. The van der Waals surface area contributed by atoms with E-state index >= 15 is 0 Å². The molecule has 1 aromatic rings.